The van der Waals surface area contributed by atoms with Gasteiger partial charge in [0.25, 0.3) is 0 Å². The second-order valence-electron chi connectivity index (χ2n) is 5.17. The monoisotopic (exact) mass is 266 g/mol. The summed E-state index contributed by atoms with van der Waals surface area (Å²) in [6.45, 7) is 1.59. The van der Waals surface area contributed by atoms with E-state index in [4.69, 9.17) is 0 Å². The van der Waals surface area contributed by atoms with Crippen LogP contribution in [0.2, 0.25) is 0 Å². The first kappa shape index (κ1) is 12.9. The first-order valence-corrected chi connectivity index (χ1v) is 6.89. The maximum atomic E-state index is 12.2. The summed E-state index contributed by atoms with van der Waals surface area (Å²) in [7, 11) is 1.85. The second-order valence-corrected chi connectivity index (χ2v) is 5.17. The highest BCUT2D eigenvalue weighted by Crippen LogP contribution is 2.23. The molecule has 0 aromatic heterocycles. The van der Waals surface area contributed by atoms with Gasteiger partial charge in [-0.05, 0) is 23.3 Å². The fourth-order valence-electron chi connectivity index (χ4n) is 2.37. The lowest BCUT2D eigenvalue weighted by Crippen LogP contribution is -2.51. The van der Waals surface area contributed by atoms with E-state index in [1.54, 1.807) is 4.90 Å². The molecule has 3 heteroatoms. The van der Waals surface area contributed by atoms with E-state index in [0.29, 0.717) is 0 Å². The van der Waals surface area contributed by atoms with Crippen LogP contribution >= 0.6 is 0 Å². The summed E-state index contributed by atoms with van der Waals surface area (Å²) in [5, 5.41) is 3.13. The number of carbonyl (C=O) groups excluding carboxylic acids is 1. The Morgan fingerprint density at radius 2 is 1.60 bits per heavy atom. The zero-order chi connectivity index (χ0) is 13.9. The van der Waals surface area contributed by atoms with E-state index in [0.717, 1.165) is 18.8 Å². The van der Waals surface area contributed by atoms with Gasteiger partial charge in [0.2, 0.25) is 5.91 Å². The number of nitrogens with one attached hydrogen (secondary N) is 1. The first-order chi connectivity index (χ1) is 9.75. The number of anilines is 1. The zero-order valence-corrected chi connectivity index (χ0v) is 11.5. The number of hydrogen-bond donors (Lipinski definition) is 1. The molecule has 1 heterocycles. The van der Waals surface area contributed by atoms with Crippen molar-refractivity contribution in [1.29, 1.82) is 0 Å². The maximum absolute atomic E-state index is 12.2. The largest absolute Gasteiger partial charge is 0.315 e. The van der Waals surface area contributed by atoms with Crippen molar-refractivity contribution < 1.29 is 4.79 Å². The van der Waals surface area contributed by atoms with Crippen LogP contribution in [0.1, 0.15) is 0 Å². The molecular weight excluding hydrogens is 248 g/mol. The Morgan fingerprint density at radius 3 is 2.15 bits per heavy atom. The molecule has 1 saturated heterocycles. The van der Waals surface area contributed by atoms with Gasteiger partial charge in [-0.2, -0.15) is 0 Å². The summed E-state index contributed by atoms with van der Waals surface area (Å²) in [6, 6.07) is 18.4. The van der Waals surface area contributed by atoms with Gasteiger partial charge < -0.3 is 10.2 Å². The molecule has 102 valence electrons. The lowest BCUT2D eigenvalue weighted by Gasteiger charge is -2.30. The molecular formula is C17H18N2O. The summed E-state index contributed by atoms with van der Waals surface area (Å²) in [4.78, 5) is 13.9. The molecule has 1 fully saturated rings. The summed E-state index contributed by atoms with van der Waals surface area (Å²) in [6.07, 6.45) is 0. The van der Waals surface area contributed by atoms with Gasteiger partial charge in [-0.25, -0.2) is 0 Å². The van der Waals surface area contributed by atoms with Gasteiger partial charge in [0.1, 0.15) is 0 Å². The quantitative estimate of drug-likeness (QED) is 0.926. The van der Waals surface area contributed by atoms with Gasteiger partial charge in [0.05, 0.1) is 5.92 Å². The summed E-state index contributed by atoms with van der Waals surface area (Å²) in [5.41, 5.74) is 3.30. The Bertz CT molecular complexity index is 588. The Morgan fingerprint density at radius 1 is 1.00 bits per heavy atom. The number of benzene rings is 2. The Labute approximate surface area is 119 Å². The van der Waals surface area contributed by atoms with E-state index in [1.165, 1.54) is 11.1 Å². The van der Waals surface area contributed by atoms with Crippen molar-refractivity contribution in [3.63, 3.8) is 0 Å². The highest BCUT2D eigenvalue weighted by atomic mass is 16.2. The van der Waals surface area contributed by atoms with Crippen LogP contribution in [-0.4, -0.2) is 26.0 Å². The van der Waals surface area contributed by atoms with E-state index >= 15 is 0 Å². The summed E-state index contributed by atoms with van der Waals surface area (Å²) in [5.74, 6) is 0.324. The van der Waals surface area contributed by atoms with Crippen molar-refractivity contribution >= 4 is 11.6 Å². The van der Waals surface area contributed by atoms with E-state index < -0.39 is 0 Å². The number of amides is 1. The molecule has 0 bridgehead atoms. The van der Waals surface area contributed by atoms with Crippen LogP contribution < -0.4 is 10.2 Å². The predicted octanol–water partition coefficient (Wildman–Crippen LogP) is 2.54. The number of rotatable bonds is 3. The van der Waals surface area contributed by atoms with E-state index in [2.05, 4.69) is 29.6 Å². The van der Waals surface area contributed by atoms with Crippen LogP contribution in [0.3, 0.4) is 0 Å². The molecule has 0 atom stereocenters. The van der Waals surface area contributed by atoms with E-state index in [9.17, 15) is 4.79 Å². The summed E-state index contributed by atoms with van der Waals surface area (Å²) >= 11 is 0. The second kappa shape index (κ2) is 5.47. The molecule has 2 aromatic rings. The van der Waals surface area contributed by atoms with Crippen LogP contribution in [-0.2, 0) is 4.79 Å². The average Bonchev–Trinajstić information content (AvgIpc) is 2.46. The minimum atomic E-state index is 0.133. The molecule has 3 rings (SSSR count). The topological polar surface area (TPSA) is 32.3 Å². The molecule has 20 heavy (non-hydrogen) atoms. The summed E-state index contributed by atoms with van der Waals surface area (Å²) < 4.78 is 0. The molecule has 0 saturated carbocycles. The lowest BCUT2D eigenvalue weighted by atomic mass is 10.0. The average molecular weight is 266 g/mol. The van der Waals surface area contributed by atoms with Gasteiger partial charge >= 0.3 is 0 Å². The normalized spacial score (nSPS) is 14.7. The first-order valence-electron chi connectivity index (χ1n) is 6.89. The number of hydrogen-bond acceptors (Lipinski definition) is 2. The van der Waals surface area contributed by atoms with Gasteiger partial charge in [-0.1, -0.05) is 42.5 Å². The lowest BCUT2D eigenvalue weighted by molar-refractivity contribution is -0.123. The van der Waals surface area contributed by atoms with Crippen LogP contribution in [0.15, 0.2) is 54.6 Å². The minimum absolute atomic E-state index is 0.133. The zero-order valence-electron chi connectivity index (χ0n) is 11.5. The Kier molecular flexibility index (Phi) is 3.52. The van der Waals surface area contributed by atoms with Crippen molar-refractivity contribution in [2.24, 2.45) is 5.92 Å². The number of carbonyl (C=O) groups is 1. The molecule has 1 aliphatic rings. The van der Waals surface area contributed by atoms with Gasteiger partial charge in [-0.3, -0.25) is 4.79 Å². The molecule has 0 unspecified atom stereocenters. The van der Waals surface area contributed by atoms with Gasteiger partial charge in [0.15, 0.2) is 0 Å². The van der Waals surface area contributed by atoms with Crippen molar-refractivity contribution in [2.45, 2.75) is 0 Å². The van der Waals surface area contributed by atoms with Crippen LogP contribution in [0.4, 0.5) is 5.69 Å². The van der Waals surface area contributed by atoms with Crippen LogP contribution in [0.25, 0.3) is 11.1 Å². The van der Waals surface area contributed by atoms with E-state index in [1.807, 2.05) is 37.4 Å². The van der Waals surface area contributed by atoms with Crippen molar-refractivity contribution in [1.82, 2.24) is 5.32 Å². The Hall–Kier alpha value is -2.13. The molecule has 3 nitrogen and oxygen atoms in total. The molecule has 2 aromatic carbocycles. The van der Waals surface area contributed by atoms with Crippen LogP contribution in [0.5, 0.6) is 0 Å². The SMILES string of the molecule is CN(C(=O)C1CNC1)c1ccc(-c2ccccc2)cc1. The molecule has 1 aliphatic heterocycles. The molecule has 0 aliphatic carbocycles. The highest BCUT2D eigenvalue weighted by molar-refractivity contribution is 5.95. The Balaban J connectivity index is 1.77. The fraction of sp³-hybridized carbons (Fsp3) is 0.235. The molecule has 0 radical (unpaired) electrons. The fourth-order valence-corrected chi connectivity index (χ4v) is 2.37. The van der Waals surface area contributed by atoms with Gasteiger partial charge in [0, 0.05) is 25.8 Å². The predicted molar refractivity (Wildman–Crippen MR) is 81.6 cm³/mol. The van der Waals surface area contributed by atoms with Crippen molar-refractivity contribution in [3.8, 4) is 11.1 Å². The number of nitrogens with zero attached hydrogens (tertiary/aromatic N) is 1. The minimum Gasteiger partial charge on any atom is -0.315 e. The van der Waals surface area contributed by atoms with Crippen molar-refractivity contribution in [3.05, 3.63) is 54.6 Å². The highest BCUT2D eigenvalue weighted by Gasteiger charge is 2.28. The molecule has 1 N–H and O–H groups in total. The standard InChI is InChI=1S/C17H18N2O/c1-19(17(20)15-11-18-12-15)16-9-7-14(8-10-16)13-5-3-2-4-6-13/h2-10,15,18H,11-12H2,1H3. The maximum Gasteiger partial charge on any atom is 0.232 e. The third kappa shape index (κ3) is 2.45. The third-order valence-electron chi connectivity index (χ3n) is 3.82. The van der Waals surface area contributed by atoms with E-state index in [-0.39, 0.29) is 11.8 Å². The smallest absolute Gasteiger partial charge is 0.232 e. The molecule has 0 spiro atoms. The van der Waals surface area contributed by atoms with Crippen molar-refractivity contribution in [2.75, 3.05) is 25.0 Å². The van der Waals surface area contributed by atoms with Crippen LogP contribution in [0, 0.1) is 5.92 Å². The molecule has 1 amide bonds. The van der Waals surface area contributed by atoms with Gasteiger partial charge in [-0.15, -0.1) is 0 Å². The third-order valence-corrected chi connectivity index (χ3v) is 3.82.